The van der Waals surface area contributed by atoms with Crippen molar-refractivity contribution in [3.63, 3.8) is 0 Å². The summed E-state index contributed by atoms with van der Waals surface area (Å²) in [5.74, 6) is -2.17. The van der Waals surface area contributed by atoms with Crippen LogP contribution in [0.25, 0.3) is 0 Å². The molecule has 34 heavy (non-hydrogen) atoms. The Kier molecular flexibility index (Phi) is 10.1. The molecule has 1 aromatic rings. The molecule has 1 aromatic carbocycles. The van der Waals surface area contributed by atoms with E-state index in [1.165, 1.54) is 0 Å². The van der Waals surface area contributed by atoms with Gasteiger partial charge in [0.05, 0.1) is 0 Å². The number of benzene rings is 1. The zero-order valence-electron chi connectivity index (χ0n) is 21.2. The maximum atomic E-state index is 13.4. The van der Waals surface area contributed by atoms with E-state index in [9.17, 15) is 19.2 Å². The molecule has 0 radical (unpaired) electrons. The predicted molar refractivity (Wildman–Crippen MR) is 132 cm³/mol. The van der Waals surface area contributed by atoms with Crippen LogP contribution in [0.4, 0.5) is 0 Å². The van der Waals surface area contributed by atoms with Crippen molar-refractivity contribution in [2.45, 2.75) is 85.0 Å². The zero-order valence-corrected chi connectivity index (χ0v) is 21.2. The Morgan fingerprint density at radius 3 is 1.56 bits per heavy atom. The maximum Gasteiger partial charge on any atom is 0.243 e. The molecule has 6 unspecified atom stereocenters. The monoisotopic (exact) mass is 472 g/mol. The third-order valence-corrected chi connectivity index (χ3v) is 6.75. The standard InChI is InChI=1S/C26H40N4O4/c1-7-16(5)21-25(33)27-19(14-18-12-10-9-11-13-18)23(31)28-20(15(3)4)24(32)29-22(17(6)8-2)26(34)30-21/h9-13,15-17,19-22H,7-8,14H2,1-6H3,(H,27,33)(H,28,31)(H,29,32)(H,30,34). The van der Waals surface area contributed by atoms with Crippen molar-refractivity contribution >= 4 is 23.6 Å². The van der Waals surface area contributed by atoms with Crippen molar-refractivity contribution in [2.75, 3.05) is 0 Å². The quantitative estimate of drug-likeness (QED) is 0.485. The fourth-order valence-electron chi connectivity index (χ4n) is 4.00. The maximum absolute atomic E-state index is 13.4. The Bertz CT molecular complexity index is 858. The van der Waals surface area contributed by atoms with Crippen molar-refractivity contribution < 1.29 is 19.2 Å². The van der Waals surface area contributed by atoms with Crippen molar-refractivity contribution in [1.82, 2.24) is 21.3 Å². The summed E-state index contributed by atoms with van der Waals surface area (Å²) < 4.78 is 0. The van der Waals surface area contributed by atoms with Crippen molar-refractivity contribution in [1.29, 1.82) is 0 Å². The molecule has 1 fully saturated rings. The van der Waals surface area contributed by atoms with E-state index in [1.807, 2.05) is 71.9 Å². The van der Waals surface area contributed by atoms with E-state index < -0.39 is 47.8 Å². The third kappa shape index (κ3) is 7.05. The number of amides is 4. The van der Waals surface area contributed by atoms with Crippen LogP contribution in [0.3, 0.4) is 0 Å². The largest absolute Gasteiger partial charge is 0.342 e. The second kappa shape index (κ2) is 12.5. The molecule has 1 saturated heterocycles. The predicted octanol–water partition coefficient (Wildman–Crippen LogP) is 1.93. The van der Waals surface area contributed by atoms with Gasteiger partial charge in [0.1, 0.15) is 24.2 Å². The molecule has 0 saturated carbocycles. The number of hydrogen-bond donors (Lipinski definition) is 4. The molecule has 0 aliphatic carbocycles. The molecule has 0 bridgehead atoms. The normalized spacial score (nSPS) is 26.3. The van der Waals surface area contributed by atoms with Crippen LogP contribution in [0.5, 0.6) is 0 Å². The minimum Gasteiger partial charge on any atom is -0.342 e. The molecule has 188 valence electrons. The Balaban J connectivity index is 2.47. The molecule has 4 N–H and O–H groups in total. The topological polar surface area (TPSA) is 116 Å². The molecule has 0 aromatic heterocycles. The Morgan fingerprint density at radius 2 is 1.09 bits per heavy atom. The smallest absolute Gasteiger partial charge is 0.243 e. The van der Waals surface area contributed by atoms with Crippen molar-refractivity contribution in [3.8, 4) is 0 Å². The van der Waals surface area contributed by atoms with E-state index in [0.29, 0.717) is 12.8 Å². The Morgan fingerprint density at radius 1 is 0.647 bits per heavy atom. The van der Waals surface area contributed by atoms with E-state index in [4.69, 9.17) is 0 Å². The Labute approximate surface area is 203 Å². The lowest BCUT2D eigenvalue weighted by molar-refractivity contribution is -0.138. The van der Waals surface area contributed by atoms with E-state index in [-0.39, 0.29) is 24.2 Å². The molecule has 1 aliphatic rings. The summed E-state index contributed by atoms with van der Waals surface area (Å²) >= 11 is 0. The molecule has 8 heteroatoms. The highest BCUT2D eigenvalue weighted by atomic mass is 16.2. The van der Waals surface area contributed by atoms with Gasteiger partial charge in [0, 0.05) is 6.42 Å². The lowest BCUT2D eigenvalue weighted by Crippen LogP contribution is -2.64. The van der Waals surface area contributed by atoms with Gasteiger partial charge in [-0.2, -0.15) is 0 Å². The average Bonchev–Trinajstić information content (AvgIpc) is 2.82. The van der Waals surface area contributed by atoms with Crippen LogP contribution in [-0.2, 0) is 25.6 Å². The van der Waals surface area contributed by atoms with Crippen LogP contribution in [-0.4, -0.2) is 47.8 Å². The second-order valence-electron chi connectivity index (χ2n) is 9.72. The van der Waals surface area contributed by atoms with E-state index in [2.05, 4.69) is 21.3 Å². The first-order chi connectivity index (χ1) is 16.1. The van der Waals surface area contributed by atoms with Crippen LogP contribution >= 0.6 is 0 Å². The highest BCUT2D eigenvalue weighted by Gasteiger charge is 2.37. The minimum absolute atomic E-state index is 0.151. The molecular weight excluding hydrogens is 432 g/mol. The summed E-state index contributed by atoms with van der Waals surface area (Å²) in [6.45, 7) is 11.3. The van der Waals surface area contributed by atoms with Gasteiger partial charge in [-0.1, -0.05) is 84.7 Å². The first-order valence-electron chi connectivity index (χ1n) is 12.3. The van der Waals surface area contributed by atoms with Gasteiger partial charge in [-0.25, -0.2) is 0 Å². The number of nitrogens with one attached hydrogen (secondary N) is 4. The van der Waals surface area contributed by atoms with Crippen molar-refractivity contribution in [3.05, 3.63) is 35.9 Å². The van der Waals surface area contributed by atoms with Gasteiger partial charge in [0.2, 0.25) is 23.6 Å². The van der Waals surface area contributed by atoms with Crippen LogP contribution in [0.2, 0.25) is 0 Å². The number of rotatable bonds is 7. The summed E-state index contributed by atoms with van der Waals surface area (Å²) in [6.07, 6.45) is 1.58. The van der Waals surface area contributed by atoms with Crippen LogP contribution in [0.15, 0.2) is 30.3 Å². The number of hydrogen-bond acceptors (Lipinski definition) is 4. The highest BCUT2D eigenvalue weighted by molar-refractivity contribution is 5.97. The highest BCUT2D eigenvalue weighted by Crippen LogP contribution is 2.15. The second-order valence-corrected chi connectivity index (χ2v) is 9.72. The van der Waals surface area contributed by atoms with Crippen molar-refractivity contribution in [2.24, 2.45) is 17.8 Å². The van der Waals surface area contributed by atoms with Crippen LogP contribution < -0.4 is 21.3 Å². The van der Waals surface area contributed by atoms with E-state index >= 15 is 0 Å². The molecule has 4 amide bonds. The summed E-state index contributed by atoms with van der Waals surface area (Å²) in [5, 5.41) is 11.4. The summed E-state index contributed by atoms with van der Waals surface area (Å²) in [7, 11) is 0. The molecule has 2 rings (SSSR count). The third-order valence-electron chi connectivity index (χ3n) is 6.75. The number of carbonyl (C=O) groups is 4. The lowest BCUT2D eigenvalue weighted by Gasteiger charge is -2.33. The molecule has 0 spiro atoms. The fraction of sp³-hybridized carbons (Fsp3) is 0.615. The summed E-state index contributed by atoms with van der Waals surface area (Å²) in [4.78, 5) is 53.2. The van der Waals surface area contributed by atoms with Gasteiger partial charge in [-0.15, -0.1) is 0 Å². The summed E-state index contributed by atoms with van der Waals surface area (Å²) in [5.41, 5.74) is 0.876. The van der Waals surface area contributed by atoms with Gasteiger partial charge in [-0.05, 0) is 23.3 Å². The molecular formula is C26H40N4O4. The SMILES string of the molecule is CCC(C)C1NC(=O)C(C(C)C)NC(=O)C(Cc2ccccc2)NC(=O)C(C(C)CC)NC1=O. The lowest BCUT2D eigenvalue weighted by atomic mass is 9.93. The van der Waals surface area contributed by atoms with Gasteiger partial charge < -0.3 is 21.3 Å². The van der Waals surface area contributed by atoms with Crippen LogP contribution in [0.1, 0.15) is 59.9 Å². The first kappa shape index (κ1) is 27.3. The molecule has 1 heterocycles. The van der Waals surface area contributed by atoms with Gasteiger partial charge >= 0.3 is 0 Å². The van der Waals surface area contributed by atoms with E-state index in [0.717, 1.165) is 5.56 Å². The first-order valence-corrected chi connectivity index (χ1v) is 12.3. The van der Waals surface area contributed by atoms with Gasteiger partial charge in [0.15, 0.2) is 0 Å². The van der Waals surface area contributed by atoms with Crippen LogP contribution in [0, 0.1) is 17.8 Å². The summed E-state index contributed by atoms with van der Waals surface area (Å²) in [6, 6.07) is 6.01. The van der Waals surface area contributed by atoms with Gasteiger partial charge in [0.25, 0.3) is 0 Å². The minimum atomic E-state index is -0.891. The van der Waals surface area contributed by atoms with E-state index in [1.54, 1.807) is 0 Å². The average molecular weight is 473 g/mol. The van der Waals surface area contributed by atoms with Gasteiger partial charge in [-0.3, -0.25) is 19.2 Å². The zero-order chi connectivity index (χ0) is 25.4. The number of carbonyl (C=O) groups excluding carboxylic acids is 4. The molecule has 1 aliphatic heterocycles. The molecule has 8 nitrogen and oxygen atoms in total. The Hall–Kier alpha value is -2.90. The fourth-order valence-corrected chi connectivity index (χ4v) is 4.00. The molecule has 6 atom stereocenters.